The van der Waals surface area contributed by atoms with Gasteiger partial charge in [-0.3, -0.25) is 4.99 Å². The maximum Gasteiger partial charge on any atom is 0.191 e. The van der Waals surface area contributed by atoms with E-state index < -0.39 is 0 Å². The second-order valence-corrected chi connectivity index (χ2v) is 5.93. The van der Waals surface area contributed by atoms with Gasteiger partial charge in [0.25, 0.3) is 0 Å². The van der Waals surface area contributed by atoms with Crippen LogP contribution in [0.3, 0.4) is 0 Å². The molecular formula is C20H35N3O3. The van der Waals surface area contributed by atoms with Gasteiger partial charge in [-0.25, -0.2) is 0 Å². The molecule has 0 radical (unpaired) electrons. The highest BCUT2D eigenvalue weighted by atomic mass is 16.5. The number of unbranched alkanes of at least 4 members (excludes halogenated alkanes) is 1. The van der Waals surface area contributed by atoms with Crippen molar-refractivity contribution in [3.63, 3.8) is 0 Å². The summed E-state index contributed by atoms with van der Waals surface area (Å²) in [4.78, 5) is 4.23. The maximum absolute atomic E-state index is 5.66. The molecule has 148 valence electrons. The van der Waals surface area contributed by atoms with Crippen molar-refractivity contribution in [2.75, 3.05) is 46.6 Å². The van der Waals surface area contributed by atoms with Crippen LogP contribution in [0.15, 0.2) is 29.3 Å². The molecule has 26 heavy (non-hydrogen) atoms. The second kappa shape index (κ2) is 15.5. The number of aliphatic imine (C=N–C) groups is 1. The molecule has 2 N–H and O–H groups in total. The Morgan fingerprint density at radius 3 is 2.50 bits per heavy atom. The number of guanidine groups is 1. The zero-order chi connectivity index (χ0) is 18.9. The third-order valence-electron chi connectivity index (χ3n) is 3.61. The van der Waals surface area contributed by atoms with Crippen LogP contribution in [0.4, 0.5) is 0 Å². The van der Waals surface area contributed by atoms with Gasteiger partial charge >= 0.3 is 0 Å². The molecule has 1 aromatic rings. The number of nitrogens with zero attached hydrogens (tertiary/aromatic N) is 1. The van der Waals surface area contributed by atoms with E-state index in [0.717, 1.165) is 49.7 Å². The molecule has 0 saturated heterocycles. The van der Waals surface area contributed by atoms with E-state index >= 15 is 0 Å². The van der Waals surface area contributed by atoms with Gasteiger partial charge in [-0.15, -0.1) is 0 Å². The normalized spacial score (nSPS) is 11.4. The van der Waals surface area contributed by atoms with E-state index in [1.165, 1.54) is 0 Å². The molecule has 0 saturated carbocycles. The van der Waals surface area contributed by atoms with Gasteiger partial charge in [-0.05, 0) is 30.5 Å². The van der Waals surface area contributed by atoms with Crippen molar-refractivity contribution >= 4 is 5.96 Å². The molecule has 0 fully saturated rings. The van der Waals surface area contributed by atoms with E-state index in [4.69, 9.17) is 14.2 Å². The smallest absolute Gasteiger partial charge is 0.191 e. The minimum Gasteiger partial charge on any atom is -0.494 e. The van der Waals surface area contributed by atoms with Crippen molar-refractivity contribution in [1.82, 2.24) is 10.6 Å². The molecule has 0 spiro atoms. The second-order valence-electron chi connectivity index (χ2n) is 5.93. The molecule has 0 bridgehead atoms. The SMILES string of the molecule is CCCCOCCOCCNC(=NC)NCc1cccc(OCCC)c1. The summed E-state index contributed by atoms with van der Waals surface area (Å²) in [6, 6.07) is 8.11. The minimum atomic E-state index is 0.623. The molecule has 6 nitrogen and oxygen atoms in total. The molecule has 0 aliphatic carbocycles. The number of ether oxygens (including phenoxy) is 3. The quantitative estimate of drug-likeness (QED) is 0.301. The lowest BCUT2D eigenvalue weighted by Gasteiger charge is -2.13. The molecule has 1 rings (SSSR count). The highest BCUT2D eigenvalue weighted by Gasteiger charge is 2.00. The van der Waals surface area contributed by atoms with Gasteiger partial charge in [-0.1, -0.05) is 32.4 Å². The van der Waals surface area contributed by atoms with Crippen molar-refractivity contribution in [1.29, 1.82) is 0 Å². The Morgan fingerprint density at radius 2 is 1.77 bits per heavy atom. The maximum atomic E-state index is 5.66. The van der Waals surface area contributed by atoms with Crippen molar-refractivity contribution in [2.24, 2.45) is 4.99 Å². The lowest BCUT2D eigenvalue weighted by atomic mass is 10.2. The van der Waals surface area contributed by atoms with Crippen molar-refractivity contribution in [3.05, 3.63) is 29.8 Å². The summed E-state index contributed by atoms with van der Waals surface area (Å²) in [5.74, 6) is 1.66. The molecule has 0 aliphatic heterocycles. The third kappa shape index (κ3) is 10.9. The lowest BCUT2D eigenvalue weighted by Crippen LogP contribution is -2.38. The average molecular weight is 366 g/mol. The van der Waals surface area contributed by atoms with Gasteiger partial charge < -0.3 is 24.8 Å². The van der Waals surface area contributed by atoms with E-state index in [1.807, 2.05) is 12.1 Å². The summed E-state index contributed by atoms with van der Waals surface area (Å²) < 4.78 is 16.7. The van der Waals surface area contributed by atoms with Crippen LogP contribution in [0, 0.1) is 0 Å². The summed E-state index contributed by atoms with van der Waals surface area (Å²) in [5, 5.41) is 6.54. The van der Waals surface area contributed by atoms with Gasteiger partial charge in [0, 0.05) is 26.7 Å². The molecule has 0 aliphatic rings. The average Bonchev–Trinajstić information content (AvgIpc) is 2.67. The van der Waals surface area contributed by atoms with Crippen molar-refractivity contribution in [2.45, 2.75) is 39.7 Å². The first kappa shape index (κ1) is 22.3. The zero-order valence-electron chi connectivity index (χ0n) is 16.6. The molecule has 0 aromatic heterocycles. The van der Waals surface area contributed by atoms with Gasteiger partial charge in [0.05, 0.1) is 26.4 Å². The Hall–Kier alpha value is -1.79. The van der Waals surface area contributed by atoms with Gasteiger partial charge in [0.15, 0.2) is 5.96 Å². The van der Waals surface area contributed by atoms with Crippen LogP contribution in [0.2, 0.25) is 0 Å². The topological polar surface area (TPSA) is 64.1 Å². The largest absolute Gasteiger partial charge is 0.494 e. The number of hydrogen-bond donors (Lipinski definition) is 2. The molecule has 0 amide bonds. The summed E-state index contributed by atoms with van der Waals surface area (Å²) in [5.41, 5.74) is 1.15. The Morgan fingerprint density at radius 1 is 0.962 bits per heavy atom. The molecule has 6 heteroatoms. The standard InChI is InChI=1S/C20H35N3O3/c1-4-6-12-24-14-15-25-13-10-22-20(21-3)23-17-18-8-7-9-19(16-18)26-11-5-2/h7-9,16H,4-6,10-15,17H2,1-3H3,(H2,21,22,23). The number of benzene rings is 1. The van der Waals surface area contributed by atoms with Crippen LogP contribution in [0.25, 0.3) is 0 Å². The minimum absolute atomic E-state index is 0.623. The first-order valence-electron chi connectivity index (χ1n) is 9.61. The first-order valence-corrected chi connectivity index (χ1v) is 9.61. The van der Waals surface area contributed by atoms with Crippen LogP contribution in [0.1, 0.15) is 38.7 Å². The molecule has 0 heterocycles. The van der Waals surface area contributed by atoms with Crippen LogP contribution in [-0.4, -0.2) is 52.6 Å². The van der Waals surface area contributed by atoms with Crippen molar-refractivity contribution < 1.29 is 14.2 Å². The molecule has 0 unspecified atom stereocenters. The van der Waals surface area contributed by atoms with E-state index in [0.29, 0.717) is 32.9 Å². The van der Waals surface area contributed by atoms with E-state index in [9.17, 15) is 0 Å². The summed E-state index contributed by atoms with van der Waals surface area (Å²) >= 11 is 0. The van der Waals surface area contributed by atoms with Gasteiger partial charge in [-0.2, -0.15) is 0 Å². The number of hydrogen-bond acceptors (Lipinski definition) is 4. The predicted molar refractivity (Wildman–Crippen MR) is 107 cm³/mol. The van der Waals surface area contributed by atoms with Gasteiger partial charge in [0.2, 0.25) is 0 Å². The van der Waals surface area contributed by atoms with Crippen LogP contribution in [-0.2, 0) is 16.0 Å². The Bertz CT molecular complexity index is 495. The van der Waals surface area contributed by atoms with Crippen LogP contribution >= 0.6 is 0 Å². The van der Waals surface area contributed by atoms with Crippen LogP contribution in [0.5, 0.6) is 5.75 Å². The van der Waals surface area contributed by atoms with E-state index in [-0.39, 0.29) is 0 Å². The molecule has 1 aromatic carbocycles. The van der Waals surface area contributed by atoms with E-state index in [2.05, 4.69) is 41.6 Å². The fourth-order valence-electron chi connectivity index (χ4n) is 2.18. The summed E-state index contributed by atoms with van der Waals surface area (Å²) in [6.07, 6.45) is 3.27. The van der Waals surface area contributed by atoms with Crippen molar-refractivity contribution in [3.8, 4) is 5.75 Å². The summed E-state index contributed by atoms with van der Waals surface area (Å²) in [6.45, 7) is 9.11. The fourth-order valence-corrected chi connectivity index (χ4v) is 2.18. The number of rotatable bonds is 14. The fraction of sp³-hybridized carbons (Fsp3) is 0.650. The third-order valence-corrected chi connectivity index (χ3v) is 3.61. The lowest BCUT2D eigenvalue weighted by molar-refractivity contribution is 0.0487. The Kier molecular flexibility index (Phi) is 13.2. The van der Waals surface area contributed by atoms with Crippen LogP contribution < -0.4 is 15.4 Å². The molecular weight excluding hydrogens is 330 g/mol. The Balaban J connectivity index is 2.15. The van der Waals surface area contributed by atoms with Gasteiger partial charge in [0.1, 0.15) is 5.75 Å². The molecule has 0 atom stereocenters. The number of nitrogens with one attached hydrogen (secondary N) is 2. The Labute approximate surface area is 158 Å². The first-order chi connectivity index (χ1) is 12.8. The predicted octanol–water partition coefficient (Wildman–Crippen LogP) is 2.97. The highest BCUT2D eigenvalue weighted by molar-refractivity contribution is 5.79. The zero-order valence-corrected chi connectivity index (χ0v) is 16.6. The monoisotopic (exact) mass is 365 g/mol. The highest BCUT2D eigenvalue weighted by Crippen LogP contribution is 2.13. The summed E-state index contributed by atoms with van der Waals surface area (Å²) in [7, 11) is 1.76. The van der Waals surface area contributed by atoms with E-state index in [1.54, 1.807) is 7.05 Å².